The Balaban J connectivity index is 1.72. The molecule has 0 saturated carbocycles. The van der Waals surface area contributed by atoms with Crippen LogP contribution in [0.15, 0.2) is 66.7 Å². The molecule has 132 valence electrons. The van der Waals surface area contributed by atoms with E-state index in [1.165, 1.54) is 0 Å². The molecule has 4 rings (SSSR count). The van der Waals surface area contributed by atoms with Gasteiger partial charge in [0.1, 0.15) is 5.75 Å². The third-order valence-corrected chi connectivity index (χ3v) is 4.55. The number of rotatable bonds is 3. The summed E-state index contributed by atoms with van der Waals surface area (Å²) in [4.78, 5) is 38.3. The lowest BCUT2D eigenvalue weighted by molar-refractivity contribution is 0.0978. The van der Waals surface area contributed by atoms with Gasteiger partial charge in [0, 0.05) is 22.3 Å². The Kier molecular flexibility index (Phi) is 4.05. The number of amides is 1. The van der Waals surface area contributed by atoms with E-state index in [2.05, 4.69) is 5.32 Å². The van der Waals surface area contributed by atoms with Gasteiger partial charge in [0.15, 0.2) is 11.6 Å². The van der Waals surface area contributed by atoms with Crippen LogP contribution in [0.4, 0.5) is 5.69 Å². The van der Waals surface area contributed by atoms with Crippen molar-refractivity contribution in [2.75, 3.05) is 12.4 Å². The van der Waals surface area contributed by atoms with Crippen molar-refractivity contribution in [3.05, 3.63) is 94.5 Å². The number of anilines is 1. The van der Waals surface area contributed by atoms with Gasteiger partial charge in [0.25, 0.3) is 5.91 Å². The molecule has 0 atom stereocenters. The van der Waals surface area contributed by atoms with Crippen LogP contribution in [0.25, 0.3) is 0 Å². The highest BCUT2D eigenvalue weighted by Crippen LogP contribution is 2.32. The number of carbonyl (C=O) groups excluding carboxylic acids is 3. The van der Waals surface area contributed by atoms with Crippen molar-refractivity contribution in [1.29, 1.82) is 0 Å². The van der Waals surface area contributed by atoms with Crippen molar-refractivity contribution < 1.29 is 19.1 Å². The first-order valence-electron chi connectivity index (χ1n) is 8.37. The van der Waals surface area contributed by atoms with E-state index in [-0.39, 0.29) is 23.0 Å². The number of ketones is 2. The Labute approximate surface area is 155 Å². The third-order valence-electron chi connectivity index (χ3n) is 4.55. The molecule has 5 heteroatoms. The Morgan fingerprint density at radius 1 is 0.778 bits per heavy atom. The van der Waals surface area contributed by atoms with E-state index in [4.69, 9.17) is 4.74 Å². The summed E-state index contributed by atoms with van der Waals surface area (Å²) < 4.78 is 5.09. The number of nitrogens with one attached hydrogen (secondary N) is 1. The summed E-state index contributed by atoms with van der Waals surface area (Å²) in [5, 5.41) is 2.75. The lowest BCUT2D eigenvalue weighted by Crippen LogP contribution is -2.23. The largest absolute Gasteiger partial charge is 0.497 e. The number of fused-ring (bicyclic) bond motifs is 2. The van der Waals surface area contributed by atoms with E-state index in [0.29, 0.717) is 33.7 Å². The second kappa shape index (κ2) is 6.53. The van der Waals surface area contributed by atoms with Crippen LogP contribution >= 0.6 is 0 Å². The fourth-order valence-electron chi connectivity index (χ4n) is 3.19. The van der Waals surface area contributed by atoms with Crippen LogP contribution in [-0.2, 0) is 0 Å². The molecule has 0 fully saturated rings. The summed E-state index contributed by atoms with van der Waals surface area (Å²) in [5.41, 5.74) is 1.99. The van der Waals surface area contributed by atoms with Crippen molar-refractivity contribution >= 4 is 23.2 Å². The van der Waals surface area contributed by atoms with E-state index in [1.54, 1.807) is 73.8 Å². The van der Waals surface area contributed by atoms with Crippen LogP contribution in [0.1, 0.15) is 42.2 Å². The Morgan fingerprint density at radius 3 is 2.07 bits per heavy atom. The van der Waals surface area contributed by atoms with Gasteiger partial charge >= 0.3 is 0 Å². The molecule has 5 nitrogen and oxygen atoms in total. The molecule has 0 saturated heterocycles. The number of benzene rings is 3. The minimum absolute atomic E-state index is 0.222. The zero-order valence-electron chi connectivity index (χ0n) is 14.5. The SMILES string of the molecule is COc1ccc(C(=O)Nc2cccc3c2C(=O)c2ccccc2C3=O)cc1. The summed E-state index contributed by atoms with van der Waals surface area (Å²) in [6.45, 7) is 0. The van der Waals surface area contributed by atoms with Crippen molar-refractivity contribution in [2.24, 2.45) is 0 Å². The van der Waals surface area contributed by atoms with Crippen molar-refractivity contribution in [2.45, 2.75) is 0 Å². The highest BCUT2D eigenvalue weighted by atomic mass is 16.5. The molecule has 1 aliphatic rings. The Bertz CT molecular complexity index is 1080. The zero-order chi connectivity index (χ0) is 19.0. The van der Waals surface area contributed by atoms with Crippen LogP contribution in [0, 0.1) is 0 Å². The molecule has 0 unspecified atom stereocenters. The molecular formula is C22H15NO4. The molecule has 0 bridgehead atoms. The molecular weight excluding hydrogens is 342 g/mol. The highest BCUT2D eigenvalue weighted by molar-refractivity contribution is 6.30. The van der Waals surface area contributed by atoms with E-state index < -0.39 is 0 Å². The van der Waals surface area contributed by atoms with E-state index in [1.807, 2.05) is 0 Å². The normalized spacial score (nSPS) is 12.2. The molecule has 1 aliphatic carbocycles. The van der Waals surface area contributed by atoms with E-state index in [0.717, 1.165) is 0 Å². The van der Waals surface area contributed by atoms with Crippen molar-refractivity contribution in [3.8, 4) is 5.75 Å². The number of ether oxygens (including phenoxy) is 1. The Hall–Kier alpha value is -3.73. The fourth-order valence-corrected chi connectivity index (χ4v) is 3.19. The van der Waals surface area contributed by atoms with Gasteiger partial charge < -0.3 is 10.1 Å². The summed E-state index contributed by atoms with van der Waals surface area (Å²) in [7, 11) is 1.55. The molecule has 0 aliphatic heterocycles. The molecule has 3 aromatic rings. The number of carbonyl (C=O) groups is 3. The molecule has 0 spiro atoms. The van der Waals surface area contributed by atoms with Gasteiger partial charge in [-0.3, -0.25) is 14.4 Å². The molecule has 27 heavy (non-hydrogen) atoms. The summed E-state index contributed by atoms with van der Waals surface area (Å²) in [6, 6.07) is 18.2. The number of methoxy groups -OCH3 is 1. The lowest BCUT2D eigenvalue weighted by atomic mass is 9.83. The first kappa shape index (κ1) is 16.7. The maximum atomic E-state index is 13.0. The zero-order valence-corrected chi connectivity index (χ0v) is 14.5. The molecule has 1 amide bonds. The van der Waals surface area contributed by atoms with Crippen LogP contribution in [-0.4, -0.2) is 24.6 Å². The molecule has 0 heterocycles. The fraction of sp³-hybridized carbons (Fsp3) is 0.0455. The average molecular weight is 357 g/mol. The third kappa shape index (κ3) is 2.79. The first-order chi connectivity index (χ1) is 13.1. The first-order valence-corrected chi connectivity index (χ1v) is 8.37. The monoisotopic (exact) mass is 357 g/mol. The maximum Gasteiger partial charge on any atom is 0.255 e. The summed E-state index contributed by atoms with van der Waals surface area (Å²) >= 11 is 0. The van der Waals surface area contributed by atoms with Gasteiger partial charge in [-0.05, 0) is 30.3 Å². The van der Waals surface area contributed by atoms with Gasteiger partial charge in [-0.25, -0.2) is 0 Å². The second-order valence-corrected chi connectivity index (χ2v) is 6.11. The smallest absolute Gasteiger partial charge is 0.255 e. The van der Waals surface area contributed by atoms with E-state index >= 15 is 0 Å². The van der Waals surface area contributed by atoms with Gasteiger partial charge in [-0.1, -0.05) is 36.4 Å². The van der Waals surface area contributed by atoms with E-state index in [9.17, 15) is 14.4 Å². The topological polar surface area (TPSA) is 72.5 Å². The van der Waals surface area contributed by atoms with Crippen molar-refractivity contribution in [1.82, 2.24) is 0 Å². The summed E-state index contributed by atoms with van der Waals surface area (Å²) in [5.74, 6) is -0.224. The maximum absolute atomic E-state index is 13.0. The second-order valence-electron chi connectivity index (χ2n) is 6.11. The van der Waals surface area contributed by atoms with Crippen LogP contribution < -0.4 is 10.1 Å². The minimum atomic E-state index is -0.370. The average Bonchev–Trinajstić information content (AvgIpc) is 2.72. The predicted octanol–water partition coefficient (Wildman–Crippen LogP) is 3.72. The van der Waals surface area contributed by atoms with Gasteiger partial charge in [-0.2, -0.15) is 0 Å². The quantitative estimate of drug-likeness (QED) is 0.606. The lowest BCUT2D eigenvalue weighted by Gasteiger charge is -2.20. The van der Waals surface area contributed by atoms with Crippen LogP contribution in [0.3, 0.4) is 0 Å². The molecule has 3 aromatic carbocycles. The minimum Gasteiger partial charge on any atom is -0.497 e. The summed E-state index contributed by atoms with van der Waals surface area (Å²) in [6.07, 6.45) is 0. The van der Waals surface area contributed by atoms with Gasteiger partial charge in [-0.15, -0.1) is 0 Å². The van der Waals surface area contributed by atoms with Crippen LogP contribution in [0.2, 0.25) is 0 Å². The highest BCUT2D eigenvalue weighted by Gasteiger charge is 2.31. The molecule has 0 aromatic heterocycles. The predicted molar refractivity (Wildman–Crippen MR) is 101 cm³/mol. The van der Waals surface area contributed by atoms with Crippen molar-refractivity contribution in [3.63, 3.8) is 0 Å². The number of hydrogen-bond donors (Lipinski definition) is 1. The standard InChI is InChI=1S/C22H15NO4/c1-27-14-11-9-13(10-12-14)22(26)23-18-8-4-7-17-19(18)21(25)16-6-3-2-5-15(16)20(17)24/h2-12H,1H3,(H,23,26). The molecule has 1 N–H and O–H groups in total. The number of hydrogen-bond acceptors (Lipinski definition) is 4. The van der Waals surface area contributed by atoms with Crippen LogP contribution in [0.5, 0.6) is 5.75 Å². The van der Waals surface area contributed by atoms with Gasteiger partial charge in [0.05, 0.1) is 18.4 Å². The molecule has 0 radical (unpaired) electrons. The Morgan fingerprint density at radius 2 is 1.41 bits per heavy atom. The van der Waals surface area contributed by atoms with Gasteiger partial charge in [0.2, 0.25) is 0 Å².